The zero-order valence-electron chi connectivity index (χ0n) is 24.7. The summed E-state index contributed by atoms with van der Waals surface area (Å²) in [5.41, 5.74) is 4.35. The number of thioether (sulfide) groups is 2. The lowest BCUT2D eigenvalue weighted by atomic mass is 10.2. The van der Waals surface area contributed by atoms with E-state index in [1.807, 2.05) is 12.2 Å². The highest BCUT2D eigenvalue weighted by molar-refractivity contribution is 8.18. The summed E-state index contributed by atoms with van der Waals surface area (Å²) in [5, 5.41) is 1.49. The van der Waals surface area contributed by atoms with E-state index >= 15 is 0 Å². The number of carbonyl (C=O) groups is 2. The Hall–Kier alpha value is -3.50. The SMILES string of the molecule is CCN(CC)c1ccc(C=C2SC(N3CCN(C4=NC(=O)C(=Cc5ccc(N(CC)CC)cc5)S4)CC3)=NC2=O)cc1. The molecule has 0 spiro atoms. The summed E-state index contributed by atoms with van der Waals surface area (Å²) in [6.07, 6.45) is 3.85. The average molecular weight is 603 g/mol. The molecule has 0 radical (unpaired) electrons. The molecule has 1 fully saturated rings. The van der Waals surface area contributed by atoms with Crippen LogP contribution in [0.1, 0.15) is 38.8 Å². The first-order valence-electron chi connectivity index (χ1n) is 14.7. The van der Waals surface area contributed by atoms with Gasteiger partial charge in [0.05, 0.1) is 9.81 Å². The average Bonchev–Trinajstić information content (AvgIpc) is 3.57. The van der Waals surface area contributed by atoms with Gasteiger partial charge in [0.1, 0.15) is 0 Å². The Labute approximate surface area is 257 Å². The second-order valence-corrected chi connectivity index (χ2v) is 12.1. The van der Waals surface area contributed by atoms with Crippen LogP contribution in [0.25, 0.3) is 12.2 Å². The third-order valence-corrected chi connectivity index (χ3v) is 9.77. The Morgan fingerprint density at radius 3 is 1.26 bits per heavy atom. The van der Waals surface area contributed by atoms with Crippen LogP contribution < -0.4 is 9.80 Å². The Kier molecular flexibility index (Phi) is 9.74. The Balaban J connectivity index is 1.15. The summed E-state index contributed by atoms with van der Waals surface area (Å²) in [6, 6.07) is 16.6. The van der Waals surface area contributed by atoms with Gasteiger partial charge in [-0.25, -0.2) is 0 Å². The van der Waals surface area contributed by atoms with Crippen molar-refractivity contribution in [3.63, 3.8) is 0 Å². The minimum atomic E-state index is -0.188. The highest BCUT2D eigenvalue weighted by Crippen LogP contribution is 2.33. The Morgan fingerprint density at radius 2 is 0.952 bits per heavy atom. The third-order valence-electron chi connectivity index (χ3n) is 7.68. The molecule has 5 rings (SSSR count). The zero-order chi connectivity index (χ0) is 29.6. The van der Waals surface area contributed by atoms with Crippen molar-refractivity contribution in [3.8, 4) is 0 Å². The Morgan fingerprint density at radius 1 is 0.619 bits per heavy atom. The molecular weight excluding hydrogens is 565 g/mol. The number of rotatable bonds is 8. The van der Waals surface area contributed by atoms with Gasteiger partial charge in [0.25, 0.3) is 11.8 Å². The fourth-order valence-corrected chi connectivity index (χ4v) is 7.13. The lowest BCUT2D eigenvalue weighted by Gasteiger charge is -2.35. The molecule has 2 amide bonds. The van der Waals surface area contributed by atoms with Crippen molar-refractivity contribution < 1.29 is 9.59 Å². The van der Waals surface area contributed by atoms with Gasteiger partial charge in [0.15, 0.2) is 10.3 Å². The maximum absolute atomic E-state index is 12.7. The first-order chi connectivity index (χ1) is 20.4. The molecule has 8 nitrogen and oxygen atoms in total. The van der Waals surface area contributed by atoms with E-state index in [1.165, 1.54) is 34.9 Å². The van der Waals surface area contributed by atoms with Crippen molar-refractivity contribution in [2.75, 3.05) is 62.2 Å². The smallest absolute Gasteiger partial charge is 0.286 e. The maximum Gasteiger partial charge on any atom is 0.286 e. The lowest BCUT2D eigenvalue weighted by Crippen LogP contribution is -2.49. The zero-order valence-corrected chi connectivity index (χ0v) is 26.4. The van der Waals surface area contributed by atoms with E-state index in [-0.39, 0.29) is 11.8 Å². The predicted octanol–water partition coefficient (Wildman–Crippen LogP) is 5.64. The molecule has 0 saturated carbocycles. The van der Waals surface area contributed by atoms with Crippen molar-refractivity contribution in [2.24, 2.45) is 9.98 Å². The molecule has 2 aromatic rings. The molecule has 10 heteroatoms. The fourth-order valence-electron chi connectivity index (χ4n) is 5.20. The molecular formula is C32H38N6O2S2. The molecule has 3 heterocycles. The number of aliphatic imine (C=N–C) groups is 2. The van der Waals surface area contributed by atoms with Gasteiger partial charge in [0.2, 0.25) is 0 Å². The number of nitrogens with zero attached hydrogens (tertiary/aromatic N) is 6. The highest BCUT2D eigenvalue weighted by Gasteiger charge is 2.32. The minimum Gasteiger partial charge on any atom is -0.372 e. The van der Waals surface area contributed by atoms with E-state index in [9.17, 15) is 9.59 Å². The number of hydrogen-bond donors (Lipinski definition) is 0. The van der Waals surface area contributed by atoms with Gasteiger partial charge in [0, 0.05) is 63.7 Å². The van der Waals surface area contributed by atoms with Crippen LogP contribution in [-0.2, 0) is 9.59 Å². The maximum atomic E-state index is 12.7. The molecule has 3 aliphatic heterocycles. The summed E-state index contributed by atoms with van der Waals surface area (Å²) in [5.74, 6) is -0.377. The first kappa shape index (κ1) is 30.0. The standard InChI is InChI=1S/C32H38N6O2S2/c1-5-35(6-2)25-13-9-23(10-14-25)21-27-29(39)33-31(41-27)37-17-19-38(20-18-37)32-34-30(40)28(42-32)22-24-11-15-26(16-12-24)36(7-3)8-4/h9-16,21-22H,5-8,17-20H2,1-4H3. The van der Waals surface area contributed by atoms with E-state index in [0.717, 1.165) is 47.6 Å². The number of hydrogen-bond acceptors (Lipinski definition) is 8. The predicted molar refractivity (Wildman–Crippen MR) is 179 cm³/mol. The second-order valence-electron chi connectivity index (χ2n) is 10.1. The normalized spacial score (nSPS) is 19.1. The third kappa shape index (κ3) is 6.76. The van der Waals surface area contributed by atoms with Gasteiger partial charge < -0.3 is 19.6 Å². The van der Waals surface area contributed by atoms with Gasteiger partial charge in [-0.05, 0) is 98.8 Å². The van der Waals surface area contributed by atoms with Gasteiger partial charge in [-0.2, -0.15) is 9.98 Å². The fraction of sp³-hybridized carbons (Fsp3) is 0.375. The van der Waals surface area contributed by atoms with E-state index in [1.54, 1.807) is 0 Å². The van der Waals surface area contributed by atoms with Crippen LogP contribution in [0.4, 0.5) is 11.4 Å². The second kappa shape index (κ2) is 13.6. The van der Waals surface area contributed by atoms with Crippen LogP contribution in [0.15, 0.2) is 68.3 Å². The van der Waals surface area contributed by atoms with Crippen molar-refractivity contribution in [1.29, 1.82) is 0 Å². The summed E-state index contributed by atoms with van der Waals surface area (Å²) in [6.45, 7) is 15.3. The summed E-state index contributed by atoms with van der Waals surface area (Å²) in [4.78, 5) is 44.3. The summed E-state index contributed by atoms with van der Waals surface area (Å²) in [7, 11) is 0. The Bertz CT molecular complexity index is 1310. The summed E-state index contributed by atoms with van der Waals surface area (Å²) < 4.78 is 0. The van der Waals surface area contributed by atoms with E-state index in [0.29, 0.717) is 36.0 Å². The lowest BCUT2D eigenvalue weighted by molar-refractivity contribution is -0.114. The monoisotopic (exact) mass is 602 g/mol. The van der Waals surface area contributed by atoms with Gasteiger partial charge in [-0.3, -0.25) is 9.59 Å². The quantitative estimate of drug-likeness (QED) is 0.360. The van der Waals surface area contributed by atoms with Gasteiger partial charge in [-0.1, -0.05) is 24.3 Å². The number of amides is 2. The molecule has 0 aromatic heterocycles. The molecule has 220 valence electrons. The molecule has 3 aliphatic rings. The first-order valence-corrected chi connectivity index (χ1v) is 16.3. The highest BCUT2D eigenvalue weighted by atomic mass is 32.2. The van der Waals surface area contributed by atoms with E-state index in [4.69, 9.17) is 0 Å². The minimum absolute atomic E-state index is 0.188. The van der Waals surface area contributed by atoms with Crippen molar-refractivity contribution in [2.45, 2.75) is 27.7 Å². The number of piperazine rings is 1. The van der Waals surface area contributed by atoms with Crippen molar-refractivity contribution >= 4 is 69.2 Å². The molecule has 2 aromatic carbocycles. The van der Waals surface area contributed by atoms with Crippen molar-refractivity contribution in [3.05, 3.63) is 69.5 Å². The number of carbonyl (C=O) groups excluding carboxylic acids is 2. The number of anilines is 2. The molecule has 0 atom stereocenters. The molecule has 1 saturated heterocycles. The topological polar surface area (TPSA) is 71.8 Å². The number of amidine groups is 2. The summed E-state index contributed by atoms with van der Waals surface area (Å²) >= 11 is 2.87. The van der Waals surface area contributed by atoms with E-state index in [2.05, 4.69) is 106 Å². The van der Waals surface area contributed by atoms with Crippen LogP contribution in [0.5, 0.6) is 0 Å². The van der Waals surface area contributed by atoms with Crippen LogP contribution in [-0.4, -0.2) is 84.3 Å². The molecule has 0 bridgehead atoms. The van der Waals surface area contributed by atoms with Crippen LogP contribution in [0, 0.1) is 0 Å². The molecule has 0 N–H and O–H groups in total. The van der Waals surface area contributed by atoms with Crippen LogP contribution in [0.3, 0.4) is 0 Å². The largest absolute Gasteiger partial charge is 0.372 e. The molecule has 42 heavy (non-hydrogen) atoms. The number of benzene rings is 2. The van der Waals surface area contributed by atoms with Crippen LogP contribution >= 0.6 is 23.5 Å². The van der Waals surface area contributed by atoms with Gasteiger partial charge >= 0.3 is 0 Å². The van der Waals surface area contributed by atoms with Crippen molar-refractivity contribution in [1.82, 2.24) is 9.80 Å². The molecule has 0 unspecified atom stereocenters. The molecule has 0 aliphatic carbocycles. The van der Waals surface area contributed by atoms with E-state index < -0.39 is 0 Å². The van der Waals surface area contributed by atoms with Crippen LogP contribution in [0.2, 0.25) is 0 Å². The van der Waals surface area contributed by atoms with Gasteiger partial charge in [-0.15, -0.1) is 0 Å².